The molecule has 148 valence electrons. The average Bonchev–Trinajstić information content (AvgIpc) is 3.25. The zero-order valence-corrected chi connectivity index (χ0v) is 16.4. The third-order valence-corrected chi connectivity index (χ3v) is 6.00. The van der Waals surface area contributed by atoms with E-state index in [9.17, 15) is 9.59 Å². The molecule has 1 aromatic heterocycles. The Kier molecular flexibility index (Phi) is 5.17. The SMILES string of the molecule is CC(=O)N1C[C@H](c2ccccc2)[C@H]2CN(CC(=O)Nc3ccn(C)n3)CC[C@H]21. The molecule has 28 heavy (non-hydrogen) atoms. The number of aromatic nitrogens is 2. The van der Waals surface area contributed by atoms with E-state index in [4.69, 9.17) is 0 Å². The van der Waals surface area contributed by atoms with Crippen molar-refractivity contribution in [3.63, 3.8) is 0 Å². The minimum Gasteiger partial charge on any atom is -0.339 e. The summed E-state index contributed by atoms with van der Waals surface area (Å²) < 4.78 is 1.67. The van der Waals surface area contributed by atoms with Gasteiger partial charge in [-0.05, 0) is 12.0 Å². The van der Waals surface area contributed by atoms with E-state index in [1.54, 1.807) is 23.9 Å². The highest BCUT2D eigenvalue weighted by atomic mass is 16.2. The number of nitrogens with zero attached hydrogens (tertiary/aromatic N) is 4. The predicted molar refractivity (Wildman–Crippen MR) is 107 cm³/mol. The van der Waals surface area contributed by atoms with E-state index in [-0.39, 0.29) is 17.9 Å². The van der Waals surface area contributed by atoms with Crippen molar-refractivity contribution >= 4 is 17.6 Å². The van der Waals surface area contributed by atoms with Crippen LogP contribution in [0.5, 0.6) is 0 Å². The predicted octanol–water partition coefficient (Wildman–Crippen LogP) is 1.69. The Morgan fingerprint density at radius 2 is 1.96 bits per heavy atom. The molecule has 2 aliphatic heterocycles. The Bertz CT molecular complexity index is 849. The Balaban J connectivity index is 1.45. The maximum atomic E-state index is 12.4. The van der Waals surface area contributed by atoms with Crippen molar-refractivity contribution < 1.29 is 9.59 Å². The average molecular weight is 381 g/mol. The highest BCUT2D eigenvalue weighted by Crippen LogP contribution is 2.41. The van der Waals surface area contributed by atoms with Crippen LogP contribution in [0.4, 0.5) is 5.82 Å². The van der Waals surface area contributed by atoms with E-state index in [1.807, 2.05) is 18.0 Å². The van der Waals surface area contributed by atoms with Crippen LogP contribution in [0.25, 0.3) is 0 Å². The van der Waals surface area contributed by atoms with E-state index in [0.717, 1.165) is 26.1 Å². The number of likely N-dealkylation sites (tertiary alicyclic amines) is 2. The molecule has 0 aliphatic carbocycles. The highest BCUT2D eigenvalue weighted by Gasteiger charge is 2.46. The fourth-order valence-electron chi connectivity index (χ4n) is 4.73. The Morgan fingerprint density at radius 3 is 2.64 bits per heavy atom. The number of piperidine rings is 1. The van der Waals surface area contributed by atoms with E-state index >= 15 is 0 Å². The molecule has 0 saturated carbocycles. The maximum Gasteiger partial charge on any atom is 0.239 e. The van der Waals surface area contributed by atoms with Gasteiger partial charge < -0.3 is 10.2 Å². The number of aryl methyl sites for hydroxylation is 1. The second-order valence-corrected chi connectivity index (χ2v) is 7.87. The number of anilines is 1. The number of carbonyl (C=O) groups excluding carboxylic acids is 2. The first kappa shape index (κ1) is 18.7. The molecule has 2 saturated heterocycles. The number of nitrogens with one attached hydrogen (secondary N) is 1. The van der Waals surface area contributed by atoms with Crippen LogP contribution in [-0.2, 0) is 16.6 Å². The summed E-state index contributed by atoms with van der Waals surface area (Å²) in [4.78, 5) is 28.9. The summed E-state index contributed by atoms with van der Waals surface area (Å²) in [5, 5.41) is 7.06. The topological polar surface area (TPSA) is 70.5 Å². The summed E-state index contributed by atoms with van der Waals surface area (Å²) >= 11 is 0. The summed E-state index contributed by atoms with van der Waals surface area (Å²) in [5.74, 6) is 1.34. The van der Waals surface area contributed by atoms with E-state index < -0.39 is 0 Å². The van der Waals surface area contributed by atoms with E-state index in [2.05, 4.69) is 39.6 Å². The zero-order chi connectivity index (χ0) is 19.7. The number of benzene rings is 1. The molecular formula is C21H27N5O2. The molecule has 2 fully saturated rings. The van der Waals surface area contributed by atoms with Crippen molar-refractivity contribution in [2.24, 2.45) is 13.0 Å². The number of hydrogen-bond donors (Lipinski definition) is 1. The van der Waals surface area contributed by atoms with Crippen LogP contribution in [-0.4, -0.2) is 63.6 Å². The summed E-state index contributed by atoms with van der Waals surface area (Å²) in [5.41, 5.74) is 1.28. The Hall–Kier alpha value is -2.67. The molecule has 1 N–H and O–H groups in total. The minimum absolute atomic E-state index is 0.0465. The van der Waals surface area contributed by atoms with Gasteiger partial charge in [-0.25, -0.2) is 0 Å². The summed E-state index contributed by atoms with van der Waals surface area (Å²) in [6.45, 7) is 4.42. The summed E-state index contributed by atoms with van der Waals surface area (Å²) in [6, 6.07) is 12.5. The van der Waals surface area contributed by atoms with Crippen LogP contribution in [0.15, 0.2) is 42.6 Å². The number of rotatable bonds is 4. The number of carbonyl (C=O) groups is 2. The maximum absolute atomic E-state index is 12.4. The molecule has 0 radical (unpaired) electrons. The van der Waals surface area contributed by atoms with Crippen molar-refractivity contribution in [3.8, 4) is 0 Å². The van der Waals surface area contributed by atoms with Gasteiger partial charge in [0.15, 0.2) is 5.82 Å². The molecule has 1 aromatic carbocycles. The first-order chi connectivity index (χ1) is 13.5. The van der Waals surface area contributed by atoms with Crippen molar-refractivity contribution in [3.05, 3.63) is 48.2 Å². The molecule has 7 nitrogen and oxygen atoms in total. The second kappa shape index (κ2) is 7.75. The number of hydrogen-bond acceptors (Lipinski definition) is 4. The summed E-state index contributed by atoms with van der Waals surface area (Å²) in [7, 11) is 1.82. The molecule has 2 aromatic rings. The van der Waals surface area contributed by atoms with Crippen molar-refractivity contribution in [2.45, 2.75) is 25.3 Å². The van der Waals surface area contributed by atoms with Crippen molar-refractivity contribution in [1.82, 2.24) is 19.6 Å². The fraction of sp³-hybridized carbons (Fsp3) is 0.476. The Morgan fingerprint density at radius 1 is 1.18 bits per heavy atom. The van der Waals surface area contributed by atoms with Crippen LogP contribution in [0.1, 0.15) is 24.8 Å². The van der Waals surface area contributed by atoms with Crippen molar-refractivity contribution in [1.29, 1.82) is 0 Å². The van der Waals surface area contributed by atoms with Gasteiger partial charge in [-0.1, -0.05) is 30.3 Å². The molecule has 0 spiro atoms. The molecule has 0 bridgehead atoms. The lowest BCUT2D eigenvalue weighted by atomic mass is 9.82. The molecule has 2 aliphatic rings. The fourth-order valence-corrected chi connectivity index (χ4v) is 4.73. The molecule has 3 heterocycles. The smallest absolute Gasteiger partial charge is 0.239 e. The van der Waals surface area contributed by atoms with Gasteiger partial charge in [-0.2, -0.15) is 5.10 Å². The molecule has 0 unspecified atom stereocenters. The first-order valence-corrected chi connectivity index (χ1v) is 9.85. The van der Waals surface area contributed by atoms with Crippen LogP contribution in [0.2, 0.25) is 0 Å². The quantitative estimate of drug-likeness (QED) is 0.875. The van der Waals surface area contributed by atoms with E-state index in [0.29, 0.717) is 24.2 Å². The largest absolute Gasteiger partial charge is 0.339 e. The van der Waals surface area contributed by atoms with Gasteiger partial charge in [0.25, 0.3) is 0 Å². The molecule has 2 amide bonds. The van der Waals surface area contributed by atoms with Crippen LogP contribution >= 0.6 is 0 Å². The normalized spacial score (nSPS) is 24.8. The van der Waals surface area contributed by atoms with Gasteiger partial charge in [-0.3, -0.25) is 19.2 Å². The van der Waals surface area contributed by atoms with Gasteiger partial charge >= 0.3 is 0 Å². The minimum atomic E-state index is -0.0465. The highest BCUT2D eigenvalue weighted by molar-refractivity contribution is 5.91. The molecular weight excluding hydrogens is 354 g/mol. The lowest BCUT2D eigenvalue weighted by Gasteiger charge is -2.38. The van der Waals surface area contributed by atoms with Gasteiger partial charge in [0.05, 0.1) is 6.54 Å². The Labute approximate surface area is 165 Å². The number of amides is 2. The standard InChI is InChI=1S/C21H27N5O2/c1-15(27)26-13-17(16-6-4-3-5-7-16)18-12-25(11-8-19(18)26)14-21(28)22-20-9-10-24(2)23-20/h3-7,9-10,17-19H,8,11-14H2,1-2H3,(H,22,23,28)/t17-,18-,19-/m1/s1. The van der Waals surface area contributed by atoms with E-state index in [1.165, 1.54) is 5.56 Å². The van der Waals surface area contributed by atoms with Crippen LogP contribution in [0.3, 0.4) is 0 Å². The first-order valence-electron chi connectivity index (χ1n) is 9.85. The lowest BCUT2D eigenvalue weighted by molar-refractivity contribution is -0.131. The summed E-state index contributed by atoms with van der Waals surface area (Å²) in [6.07, 6.45) is 2.71. The number of fused-ring (bicyclic) bond motifs is 1. The third-order valence-electron chi connectivity index (χ3n) is 6.00. The van der Waals surface area contributed by atoms with Crippen molar-refractivity contribution in [2.75, 3.05) is 31.5 Å². The monoisotopic (exact) mass is 381 g/mol. The molecule has 3 atom stereocenters. The van der Waals surface area contributed by atoms with Gasteiger partial charge in [0, 0.05) is 63.7 Å². The third kappa shape index (κ3) is 3.80. The lowest BCUT2D eigenvalue weighted by Crippen LogP contribution is -2.49. The van der Waals surface area contributed by atoms with Crippen LogP contribution in [0, 0.1) is 5.92 Å². The molecule has 4 rings (SSSR count). The zero-order valence-electron chi connectivity index (χ0n) is 16.4. The van der Waals surface area contributed by atoms with Gasteiger partial charge in [-0.15, -0.1) is 0 Å². The van der Waals surface area contributed by atoms with Gasteiger partial charge in [0.2, 0.25) is 11.8 Å². The molecule has 7 heteroatoms. The van der Waals surface area contributed by atoms with Gasteiger partial charge in [0.1, 0.15) is 0 Å². The van der Waals surface area contributed by atoms with Crippen LogP contribution < -0.4 is 5.32 Å². The second-order valence-electron chi connectivity index (χ2n) is 7.87.